The highest BCUT2D eigenvalue weighted by molar-refractivity contribution is 5.87. The molecule has 2 heterocycles. The van der Waals surface area contributed by atoms with Crippen molar-refractivity contribution in [3.05, 3.63) is 66.0 Å². The van der Waals surface area contributed by atoms with E-state index in [0.29, 0.717) is 26.2 Å². The summed E-state index contributed by atoms with van der Waals surface area (Å²) in [6.45, 7) is 3.87. The van der Waals surface area contributed by atoms with E-state index in [4.69, 9.17) is 0 Å². The van der Waals surface area contributed by atoms with Crippen molar-refractivity contribution >= 4 is 11.8 Å². The van der Waals surface area contributed by atoms with Gasteiger partial charge in [-0.15, -0.1) is 0 Å². The van der Waals surface area contributed by atoms with Gasteiger partial charge in [0.15, 0.2) is 0 Å². The van der Waals surface area contributed by atoms with Gasteiger partial charge in [0.05, 0.1) is 5.69 Å². The molecular weight excluding hydrogens is 302 g/mol. The summed E-state index contributed by atoms with van der Waals surface area (Å²) in [6, 6.07) is 15.4. The zero-order chi connectivity index (χ0) is 16.9. The molecular formula is C19H21N3O2. The van der Waals surface area contributed by atoms with Crippen molar-refractivity contribution in [2.75, 3.05) is 26.2 Å². The number of carbonyl (C=O) groups excluding carboxylic acids is 2. The van der Waals surface area contributed by atoms with Gasteiger partial charge in [-0.05, 0) is 17.7 Å². The van der Waals surface area contributed by atoms with E-state index in [2.05, 4.69) is 4.98 Å². The Morgan fingerprint density at radius 3 is 2.12 bits per heavy atom. The normalized spacial score (nSPS) is 15.9. The quantitative estimate of drug-likeness (QED) is 0.867. The third-order valence-electron chi connectivity index (χ3n) is 4.40. The Morgan fingerprint density at radius 1 is 0.917 bits per heavy atom. The molecule has 5 nitrogen and oxygen atoms in total. The van der Waals surface area contributed by atoms with Gasteiger partial charge in [0.25, 0.3) is 0 Å². The van der Waals surface area contributed by atoms with E-state index in [1.807, 2.05) is 53.4 Å². The molecule has 0 bridgehead atoms. The maximum atomic E-state index is 13.2. The summed E-state index contributed by atoms with van der Waals surface area (Å²) in [4.78, 5) is 32.6. The number of aromatic nitrogens is 1. The summed E-state index contributed by atoms with van der Waals surface area (Å²) in [5.74, 6) is -0.300. The second kappa shape index (κ2) is 7.25. The Kier molecular flexibility index (Phi) is 4.89. The monoisotopic (exact) mass is 323 g/mol. The number of carbonyl (C=O) groups is 2. The van der Waals surface area contributed by atoms with Crippen molar-refractivity contribution in [3.63, 3.8) is 0 Å². The molecule has 1 unspecified atom stereocenters. The molecule has 1 fully saturated rings. The van der Waals surface area contributed by atoms with Crippen LogP contribution in [0.2, 0.25) is 0 Å². The zero-order valence-electron chi connectivity index (χ0n) is 13.8. The van der Waals surface area contributed by atoms with Crippen LogP contribution in [0.5, 0.6) is 0 Å². The predicted octanol–water partition coefficient (Wildman–Crippen LogP) is 1.90. The van der Waals surface area contributed by atoms with E-state index >= 15 is 0 Å². The molecule has 5 heteroatoms. The smallest absolute Gasteiger partial charge is 0.236 e. The van der Waals surface area contributed by atoms with Crippen molar-refractivity contribution in [2.24, 2.45) is 0 Å². The summed E-state index contributed by atoms with van der Waals surface area (Å²) in [7, 11) is 0. The molecule has 1 aromatic heterocycles. The van der Waals surface area contributed by atoms with Crippen molar-refractivity contribution in [1.82, 2.24) is 14.8 Å². The van der Waals surface area contributed by atoms with E-state index in [9.17, 15) is 9.59 Å². The van der Waals surface area contributed by atoms with E-state index < -0.39 is 5.92 Å². The number of rotatable bonds is 3. The molecule has 0 saturated carbocycles. The van der Waals surface area contributed by atoms with Crippen LogP contribution in [0.15, 0.2) is 54.7 Å². The molecule has 0 spiro atoms. The highest BCUT2D eigenvalue weighted by Crippen LogP contribution is 2.25. The lowest BCUT2D eigenvalue weighted by Gasteiger charge is -2.36. The van der Waals surface area contributed by atoms with E-state index in [1.165, 1.54) is 0 Å². The van der Waals surface area contributed by atoms with Gasteiger partial charge >= 0.3 is 0 Å². The van der Waals surface area contributed by atoms with Crippen LogP contribution < -0.4 is 0 Å². The minimum Gasteiger partial charge on any atom is -0.339 e. The largest absolute Gasteiger partial charge is 0.339 e. The van der Waals surface area contributed by atoms with Crippen LogP contribution >= 0.6 is 0 Å². The fraction of sp³-hybridized carbons (Fsp3) is 0.316. The van der Waals surface area contributed by atoms with Gasteiger partial charge in [0, 0.05) is 39.3 Å². The first-order chi connectivity index (χ1) is 11.7. The van der Waals surface area contributed by atoms with Gasteiger partial charge in [-0.1, -0.05) is 36.4 Å². The number of nitrogens with zero attached hydrogens (tertiary/aromatic N) is 3. The molecule has 124 valence electrons. The maximum absolute atomic E-state index is 13.2. The highest BCUT2D eigenvalue weighted by Gasteiger charge is 2.30. The Hall–Kier alpha value is -2.69. The van der Waals surface area contributed by atoms with Crippen LogP contribution in [0.4, 0.5) is 0 Å². The molecule has 24 heavy (non-hydrogen) atoms. The molecule has 1 atom stereocenters. The van der Waals surface area contributed by atoms with Gasteiger partial charge in [-0.2, -0.15) is 0 Å². The van der Waals surface area contributed by atoms with E-state index in [1.54, 1.807) is 18.0 Å². The van der Waals surface area contributed by atoms with E-state index in [0.717, 1.165) is 11.3 Å². The lowest BCUT2D eigenvalue weighted by molar-refractivity contribution is -0.138. The standard InChI is InChI=1S/C19H21N3O2/c1-15(23)21-11-13-22(14-12-21)19(24)18(16-7-3-2-4-8-16)17-9-5-6-10-20-17/h2-10,18H,11-14H2,1H3. The number of hydrogen-bond acceptors (Lipinski definition) is 3. The third-order valence-corrected chi connectivity index (χ3v) is 4.40. The molecule has 1 aromatic carbocycles. The molecule has 0 aliphatic carbocycles. The van der Waals surface area contributed by atoms with Gasteiger partial charge in [-0.3, -0.25) is 14.6 Å². The summed E-state index contributed by atoms with van der Waals surface area (Å²) in [6.07, 6.45) is 1.71. The molecule has 0 radical (unpaired) electrons. The van der Waals surface area contributed by atoms with Crippen molar-refractivity contribution in [1.29, 1.82) is 0 Å². The molecule has 1 aliphatic rings. The van der Waals surface area contributed by atoms with Crippen LogP contribution in [0, 0.1) is 0 Å². The Morgan fingerprint density at radius 2 is 1.54 bits per heavy atom. The number of amides is 2. The molecule has 0 N–H and O–H groups in total. The van der Waals surface area contributed by atoms with Gasteiger partial charge < -0.3 is 9.80 Å². The van der Waals surface area contributed by atoms with Crippen molar-refractivity contribution < 1.29 is 9.59 Å². The first-order valence-electron chi connectivity index (χ1n) is 8.17. The molecule has 3 rings (SSSR count). The van der Waals surface area contributed by atoms with Crippen molar-refractivity contribution in [3.8, 4) is 0 Å². The second-order valence-electron chi connectivity index (χ2n) is 5.93. The van der Waals surface area contributed by atoms with Crippen LogP contribution in [0.3, 0.4) is 0 Å². The van der Waals surface area contributed by atoms with E-state index in [-0.39, 0.29) is 11.8 Å². The Balaban J connectivity index is 1.84. The predicted molar refractivity (Wildman–Crippen MR) is 91.4 cm³/mol. The van der Waals surface area contributed by atoms with Gasteiger partial charge in [0.2, 0.25) is 11.8 Å². The molecule has 2 aromatic rings. The Bertz CT molecular complexity index is 656. The fourth-order valence-corrected chi connectivity index (χ4v) is 3.06. The number of pyridine rings is 1. The van der Waals surface area contributed by atoms with Crippen LogP contribution in [0.25, 0.3) is 0 Å². The molecule has 1 saturated heterocycles. The average molecular weight is 323 g/mol. The summed E-state index contributed by atoms with van der Waals surface area (Å²) in [5, 5.41) is 0. The SMILES string of the molecule is CC(=O)N1CCN(C(=O)C(c2ccccc2)c2ccccn2)CC1. The second-order valence-corrected chi connectivity index (χ2v) is 5.93. The van der Waals surface area contributed by atoms with Gasteiger partial charge in [-0.25, -0.2) is 0 Å². The molecule has 2 amide bonds. The minimum atomic E-state index is -0.406. The Labute approximate surface area is 141 Å². The summed E-state index contributed by atoms with van der Waals surface area (Å²) < 4.78 is 0. The highest BCUT2D eigenvalue weighted by atomic mass is 16.2. The van der Waals surface area contributed by atoms with Crippen LogP contribution in [0.1, 0.15) is 24.1 Å². The summed E-state index contributed by atoms with van der Waals surface area (Å²) in [5.41, 5.74) is 1.69. The first kappa shape index (κ1) is 16.2. The first-order valence-corrected chi connectivity index (χ1v) is 8.17. The lowest BCUT2D eigenvalue weighted by Crippen LogP contribution is -2.51. The topological polar surface area (TPSA) is 53.5 Å². The number of piperazine rings is 1. The van der Waals surface area contributed by atoms with Gasteiger partial charge in [0.1, 0.15) is 5.92 Å². The maximum Gasteiger partial charge on any atom is 0.236 e. The average Bonchev–Trinajstić information content (AvgIpc) is 2.64. The molecule has 1 aliphatic heterocycles. The minimum absolute atomic E-state index is 0.0445. The fourth-order valence-electron chi connectivity index (χ4n) is 3.06. The third kappa shape index (κ3) is 3.45. The van der Waals surface area contributed by atoms with Crippen LogP contribution in [-0.2, 0) is 9.59 Å². The zero-order valence-corrected chi connectivity index (χ0v) is 13.8. The van der Waals surface area contributed by atoms with Crippen LogP contribution in [-0.4, -0.2) is 52.8 Å². The summed E-state index contributed by atoms with van der Waals surface area (Å²) >= 11 is 0. The lowest BCUT2D eigenvalue weighted by atomic mass is 9.93. The number of hydrogen-bond donors (Lipinski definition) is 0. The van der Waals surface area contributed by atoms with Crippen molar-refractivity contribution in [2.45, 2.75) is 12.8 Å². The number of benzene rings is 1.